The molecule has 0 atom stereocenters. The first-order valence-corrected chi connectivity index (χ1v) is 12.9. The lowest BCUT2D eigenvalue weighted by Crippen LogP contribution is -2.00. The van der Waals surface area contributed by atoms with Gasteiger partial charge in [0.05, 0.1) is 0 Å². The monoisotopic (exact) mass is 432 g/mol. The highest BCUT2D eigenvalue weighted by Crippen LogP contribution is 2.15. The van der Waals surface area contributed by atoms with E-state index < -0.39 is 0 Å². The van der Waals surface area contributed by atoms with Crippen molar-refractivity contribution >= 4 is 11.6 Å². The van der Waals surface area contributed by atoms with Crippen LogP contribution in [0.3, 0.4) is 0 Å². The van der Waals surface area contributed by atoms with Crippen molar-refractivity contribution in [2.45, 2.75) is 103 Å². The number of ketones is 2. The van der Waals surface area contributed by atoms with Gasteiger partial charge in [-0.3, -0.25) is 9.59 Å². The summed E-state index contributed by atoms with van der Waals surface area (Å²) in [6.07, 6.45) is 15.4. The molecule has 32 heavy (non-hydrogen) atoms. The van der Waals surface area contributed by atoms with E-state index in [0.29, 0.717) is 11.6 Å². The normalized spacial score (nSPS) is 18.6. The fraction of sp³-hybridized carbons (Fsp3) is 0.533. The van der Waals surface area contributed by atoms with Gasteiger partial charge in [0.2, 0.25) is 0 Å². The zero-order valence-electron chi connectivity index (χ0n) is 19.7. The van der Waals surface area contributed by atoms with E-state index >= 15 is 0 Å². The summed E-state index contributed by atoms with van der Waals surface area (Å²) in [7, 11) is 0. The molecule has 2 aromatic rings. The van der Waals surface area contributed by atoms with Crippen LogP contribution in [-0.4, -0.2) is 11.6 Å². The van der Waals surface area contributed by atoms with E-state index in [-0.39, 0.29) is 0 Å². The fourth-order valence-corrected chi connectivity index (χ4v) is 4.60. The second kappa shape index (κ2) is 14.0. The smallest absolute Gasteiger partial charge is 0.132 e. The summed E-state index contributed by atoms with van der Waals surface area (Å²) in [4.78, 5) is 24.4. The lowest BCUT2D eigenvalue weighted by atomic mass is 9.98. The maximum Gasteiger partial charge on any atom is 0.132 e. The molecule has 0 N–H and O–H groups in total. The maximum absolute atomic E-state index is 12.2. The van der Waals surface area contributed by atoms with Crippen molar-refractivity contribution in [3.8, 4) is 0 Å². The molecule has 2 heteroatoms. The van der Waals surface area contributed by atoms with Gasteiger partial charge in [0, 0.05) is 25.7 Å². The van der Waals surface area contributed by atoms with Gasteiger partial charge in [-0.25, -0.2) is 0 Å². The molecule has 4 aliphatic rings. The molecule has 4 bridgehead atoms. The minimum atomic E-state index is 0.426. The van der Waals surface area contributed by atoms with Crippen LogP contribution in [0.1, 0.15) is 99.3 Å². The first-order valence-electron chi connectivity index (χ1n) is 12.9. The molecular formula is C30H40O2. The average Bonchev–Trinajstić information content (AvgIpc) is 2.81. The summed E-state index contributed by atoms with van der Waals surface area (Å²) in [5.74, 6) is 0.853. The van der Waals surface area contributed by atoms with E-state index in [1.165, 1.54) is 22.3 Å². The largest absolute Gasteiger partial charge is 0.300 e. The van der Waals surface area contributed by atoms with Crippen LogP contribution < -0.4 is 0 Å². The van der Waals surface area contributed by atoms with Crippen molar-refractivity contribution in [2.75, 3.05) is 0 Å². The first kappa shape index (κ1) is 24.4. The number of Topliss-reactive ketones (excluding diaryl/α,β-unsaturated/α-hetero) is 2. The minimum absolute atomic E-state index is 0.426. The van der Waals surface area contributed by atoms with Gasteiger partial charge in [0.1, 0.15) is 11.6 Å². The Morgan fingerprint density at radius 2 is 0.500 bits per heavy atom. The second-order valence-corrected chi connectivity index (χ2v) is 9.54. The van der Waals surface area contributed by atoms with Crippen LogP contribution in [0.4, 0.5) is 0 Å². The SMILES string of the molecule is O=C1CCCCc2ccc(cc2)CCCCC(=O)CCCCc2ccc(cc2)CCCC1. The van der Waals surface area contributed by atoms with Gasteiger partial charge in [-0.1, -0.05) is 48.5 Å². The van der Waals surface area contributed by atoms with Gasteiger partial charge < -0.3 is 0 Å². The highest BCUT2D eigenvalue weighted by Gasteiger charge is 2.05. The Hall–Kier alpha value is -2.22. The van der Waals surface area contributed by atoms with Crippen molar-refractivity contribution < 1.29 is 9.59 Å². The third kappa shape index (κ3) is 9.51. The summed E-state index contributed by atoms with van der Waals surface area (Å²) < 4.78 is 0. The summed E-state index contributed by atoms with van der Waals surface area (Å²) in [5, 5.41) is 0. The third-order valence-electron chi connectivity index (χ3n) is 6.73. The Bertz CT molecular complexity index is 679. The average molecular weight is 433 g/mol. The Morgan fingerprint density at radius 1 is 0.312 bits per heavy atom. The van der Waals surface area contributed by atoms with Crippen molar-refractivity contribution in [1.29, 1.82) is 0 Å². The summed E-state index contributed by atoms with van der Waals surface area (Å²) in [6.45, 7) is 0. The quantitative estimate of drug-likeness (QED) is 0.435. The van der Waals surface area contributed by atoms with Gasteiger partial charge in [-0.2, -0.15) is 0 Å². The zero-order chi connectivity index (χ0) is 22.4. The molecule has 172 valence electrons. The predicted octanol–water partition coefficient (Wildman–Crippen LogP) is 7.39. The lowest BCUT2D eigenvalue weighted by molar-refractivity contribution is -0.120. The first-order chi connectivity index (χ1) is 15.7. The van der Waals surface area contributed by atoms with Crippen LogP contribution in [0.5, 0.6) is 0 Å². The highest BCUT2D eigenvalue weighted by molar-refractivity contribution is 5.78. The Labute approximate surface area is 194 Å². The molecule has 6 rings (SSSR count). The topological polar surface area (TPSA) is 34.1 Å². The van der Waals surface area contributed by atoms with Crippen LogP contribution in [0, 0.1) is 0 Å². The van der Waals surface area contributed by atoms with E-state index in [2.05, 4.69) is 48.5 Å². The van der Waals surface area contributed by atoms with Gasteiger partial charge in [0.25, 0.3) is 0 Å². The number of hydrogen-bond acceptors (Lipinski definition) is 2. The van der Waals surface area contributed by atoms with E-state index in [0.717, 1.165) is 103 Å². The van der Waals surface area contributed by atoms with Gasteiger partial charge >= 0.3 is 0 Å². The van der Waals surface area contributed by atoms with E-state index in [1.807, 2.05) is 0 Å². The van der Waals surface area contributed by atoms with Crippen molar-refractivity contribution in [2.24, 2.45) is 0 Å². The van der Waals surface area contributed by atoms with Crippen molar-refractivity contribution in [3.05, 3.63) is 70.8 Å². The van der Waals surface area contributed by atoms with Crippen molar-refractivity contribution in [3.63, 3.8) is 0 Å². The molecule has 0 heterocycles. The number of rotatable bonds is 0. The van der Waals surface area contributed by atoms with Crippen LogP contribution in [0.15, 0.2) is 48.5 Å². The number of benzene rings is 2. The van der Waals surface area contributed by atoms with E-state index in [4.69, 9.17) is 0 Å². The molecule has 2 nitrogen and oxygen atoms in total. The van der Waals surface area contributed by atoms with E-state index in [1.54, 1.807) is 0 Å². The lowest BCUT2D eigenvalue weighted by Gasteiger charge is -2.07. The Morgan fingerprint density at radius 3 is 0.719 bits per heavy atom. The van der Waals surface area contributed by atoms with Crippen LogP contribution in [0.2, 0.25) is 0 Å². The highest BCUT2D eigenvalue weighted by atomic mass is 16.1. The van der Waals surface area contributed by atoms with Crippen LogP contribution in [-0.2, 0) is 35.3 Å². The molecule has 4 aliphatic carbocycles. The summed E-state index contributed by atoms with van der Waals surface area (Å²) in [6, 6.07) is 17.9. The number of carbonyl (C=O) groups is 2. The Balaban J connectivity index is 1.49. The Kier molecular flexibility index (Phi) is 10.7. The number of aryl methyl sites for hydroxylation is 4. The number of carbonyl (C=O) groups excluding carboxylic acids is 2. The molecule has 0 amide bonds. The molecular weight excluding hydrogens is 392 g/mol. The van der Waals surface area contributed by atoms with Crippen LogP contribution in [0.25, 0.3) is 0 Å². The molecule has 0 aromatic heterocycles. The fourth-order valence-electron chi connectivity index (χ4n) is 4.60. The molecule has 0 radical (unpaired) electrons. The molecule has 0 unspecified atom stereocenters. The molecule has 2 aromatic carbocycles. The second-order valence-electron chi connectivity index (χ2n) is 9.54. The molecule has 0 aliphatic heterocycles. The third-order valence-corrected chi connectivity index (χ3v) is 6.73. The zero-order valence-corrected chi connectivity index (χ0v) is 19.7. The van der Waals surface area contributed by atoms with Crippen molar-refractivity contribution in [1.82, 2.24) is 0 Å². The summed E-state index contributed by atoms with van der Waals surface area (Å²) >= 11 is 0. The molecule has 0 spiro atoms. The van der Waals surface area contributed by atoms with E-state index in [9.17, 15) is 9.59 Å². The minimum Gasteiger partial charge on any atom is -0.300 e. The maximum atomic E-state index is 12.2. The van der Waals surface area contributed by atoms with Gasteiger partial charge in [-0.05, 0) is 99.3 Å². The summed E-state index contributed by atoms with van der Waals surface area (Å²) in [5.41, 5.74) is 5.46. The van der Waals surface area contributed by atoms with Gasteiger partial charge in [0.15, 0.2) is 0 Å². The predicted molar refractivity (Wildman–Crippen MR) is 133 cm³/mol. The standard InChI is InChI=1S/C30H40O2/c31-29-13-5-1-9-25-17-19-26(20-18-25)10-3-7-15-30(32)16-8-4-12-28-23-21-27(22-24-28)11-2-6-14-29/h17-24H,1-16H2. The number of hydrogen-bond donors (Lipinski definition) is 0. The molecule has 0 saturated carbocycles. The molecule has 0 fully saturated rings. The van der Waals surface area contributed by atoms with Gasteiger partial charge in [-0.15, -0.1) is 0 Å². The molecule has 0 saturated heterocycles. The van der Waals surface area contributed by atoms with Crippen LogP contribution >= 0.6 is 0 Å².